The van der Waals surface area contributed by atoms with Crippen LogP contribution >= 0.6 is 22.9 Å². The molecule has 0 N–H and O–H groups in total. The quantitative estimate of drug-likeness (QED) is 0.416. The molecule has 1 aromatic carbocycles. The molecule has 2 saturated heterocycles. The highest BCUT2D eigenvalue weighted by Crippen LogP contribution is 2.62. The highest BCUT2D eigenvalue weighted by atomic mass is 35.5. The molecule has 2 aliphatic carbocycles. The van der Waals surface area contributed by atoms with Crippen LogP contribution in [0.4, 0.5) is 11.5 Å². The van der Waals surface area contributed by atoms with Gasteiger partial charge in [-0.2, -0.15) is 10.2 Å². The van der Waals surface area contributed by atoms with E-state index in [-0.39, 0.29) is 5.54 Å². The fraction of sp³-hybridized carbons (Fsp3) is 0.435. The van der Waals surface area contributed by atoms with E-state index in [9.17, 15) is 0 Å². The summed E-state index contributed by atoms with van der Waals surface area (Å²) in [5.74, 6) is 1.82. The van der Waals surface area contributed by atoms with Crippen LogP contribution in [0.25, 0.3) is 16.6 Å². The summed E-state index contributed by atoms with van der Waals surface area (Å²) < 4.78 is 4.07. The van der Waals surface area contributed by atoms with Crippen molar-refractivity contribution in [2.45, 2.75) is 43.3 Å². The lowest BCUT2D eigenvalue weighted by Gasteiger charge is -2.20. The molecule has 9 heteroatoms. The van der Waals surface area contributed by atoms with Crippen LogP contribution in [0, 0.1) is 5.92 Å². The molecular formula is C23H22ClN7S. The maximum absolute atomic E-state index is 6.82. The lowest BCUT2D eigenvalue weighted by atomic mass is 9.98. The van der Waals surface area contributed by atoms with Crippen LogP contribution in [0.5, 0.6) is 0 Å². The van der Waals surface area contributed by atoms with Crippen LogP contribution < -0.4 is 9.80 Å². The third-order valence-corrected chi connectivity index (χ3v) is 8.92. The molecule has 162 valence electrons. The Kier molecular flexibility index (Phi) is 3.39. The van der Waals surface area contributed by atoms with Crippen LogP contribution in [-0.4, -0.2) is 49.2 Å². The highest BCUT2D eigenvalue weighted by Gasteiger charge is 2.73. The number of benzene rings is 1. The summed E-state index contributed by atoms with van der Waals surface area (Å²) in [7, 11) is 0. The average molecular weight is 464 g/mol. The molecule has 0 radical (unpaired) electrons. The Labute approximate surface area is 194 Å². The summed E-state index contributed by atoms with van der Waals surface area (Å²) in [4.78, 5) is 9.68. The van der Waals surface area contributed by atoms with E-state index in [1.54, 1.807) is 11.3 Å². The Morgan fingerprint density at radius 2 is 2.03 bits per heavy atom. The van der Waals surface area contributed by atoms with E-state index in [0.29, 0.717) is 18.0 Å². The summed E-state index contributed by atoms with van der Waals surface area (Å²) in [6.45, 7) is 2.06. The normalized spacial score (nSPS) is 28.5. The minimum atomic E-state index is 0.234. The third-order valence-electron chi connectivity index (χ3n) is 8.05. The zero-order chi connectivity index (χ0) is 21.0. The smallest absolute Gasteiger partial charge is 0.140 e. The summed E-state index contributed by atoms with van der Waals surface area (Å²) in [5, 5.41) is 13.3. The molecule has 0 bridgehead atoms. The summed E-state index contributed by atoms with van der Waals surface area (Å²) >= 11 is 8.51. The van der Waals surface area contributed by atoms with Gasteiger partial charge in [0.25, 0.3) is 0 Å². The number of fused-ring (bicyclic) bond motifs is 1. The van der Waals surface area contributed by atoms with Gasteiger partial charge < -0.3 is 9.80 Å². The molecule has 2 aliphatic heterocycles. The summed E-state index contributed by atoms with van der Waals surface area (Å²) in [6, 6.07) is 5.48. The zero-order valence-electron chi connectivity index (χ0n) is 17.4. The van der Waals surface area contributed by atoms with Crippen molar-refractivity contribution in [1.82, 2.24) is 24.5 Å². The fourth-order valence-corrected chi connectivity index (χ4v) is 7.22. The molecule has 3 unspecified atom stereocenters. The second-order valence-electron chi connectivity index (χ2n) is 9.71. The Balaban J connectivity index is 1.16. The van der Waals surface area contributed by atoms with Gasteiger partial charge in [-0.1, -0.05) is 11.6 Å². The average Bonchev–Trinajstić information content (AvgIpc) is 3.29. The van der Waals surface area contributed by atoms with Gasteiger partial charge in [0.2, 0.25) is 0 Å². The third kappa shape index (κ3) is 2.29. The first-order valence-corrected chi connectivity index (χ1v) is 12.7. The van der Waals surface area contributed by atoms with E-state index in [1.807, 2.05) is 22.6 Å². The zero-order valence-corrected chi connectivity index (χ0v) is 19.0. The van der Waals surface area contributed by atoms with E-state index in [4.69, 9.17) is 11.6 Å². The monoisotopic (exact) mass is 463 g/mol. The number of aromatic nitrogens is 5. The Bertz CT molecular complexity index is 1360. The molecule has 3 atom stereocenters. The Morgan fingerprint density at radius 3 is 2.88 bits per heavy atom. The van der Waals surface area contributed by atoms with Crippen molar-refractivity contribution in [2.75, 3.05) is 22.9 Å². The number of rotatable bonds is 4. The molecular weight excluding hydrogens is 442 g/mol. The first-order chi connectivity index (χ1) is 15.7. The van der Waals surface area contributed by atoms with Crippen molar-refractivity contribution in [3.05, 3.63) is 46.6 Å². The molecule has 4 aromatic rings. The molecule has 4 fully saturated rings. The SMILES string of the molecule is Clc1cc2cnn(-c3cnn(C4CC4)c3)c2cc1N1CC2CCC3N(c4cscn4)C23C1. The molecule has 1 spiro atoms. The van der Waals surface area contributed by atoms with Crippen molar-refractivity contribution in [2.24, 2.45) is 5.92 Å². The van der Waals surface area contributed by atoms with Gasteiger partial charge in [0.05, 0.1) is 58.0 Å². The summed E-state index contributed by atoms with van der Waals surface area (Å²) in [6.07, 6.45) is 10.9. The van der Waals surface area contributed by atoms with Crippen LogP contribution in [0.2, 0.25) is 5.02 Å². The number of hydrogen-bond donors (Lipinski definition) is 0. The standard InChI is InChI=1S/C23H22ClN7S/c24-18-5-14-7-27-31(17-8-26-29(10-17)16-2-3-16)19(14)6-20(18)28-9-15-1-4-21-23(15,12-28)30(21)22-11-32-13-25-22/h5-8,10-11,13,15-16,21H,1-4,9,12H2. The number of piperidine rings is 1. The van der Waals surface area contributed by atoms with Gasteiger partial charge in [-0.05, 0) is 37.8 Å². The largest absolute Gasteiger partial charge is 0.367 e. The van der Waals surface area contributed by atoms with Gasteiger partial charge in [-0.25, -0.2) is 9.67 Å². The Hall–Kier alpha value is -2.58. The van der Waals surface area contributed by atoms with E-state index < -0.39 is 0 Å². The minimum absolute atomic E-state index is 0.234. The first kappa shape index (κ1) is 17.9. The van der Waals surface area contributed by atoms with Crippen LogP contribution in [0.15, 0.2) is 41.6 Å². The van der Waals surface area contributed by atoms with E-state index in [1.165, 1.54) is 25.7 Å². The van der Waals surface area contributed by atoms with E-state index >= 15 is 0 Å². The van der Waals surface area contributed by atoms with Gasteiger partial charge >= 0.3 is 0 Å². The predicted octanol–water partition coefficient (Wildman–Crippen LogP) is 4.52. The lowest BCUT2D eigenvalue weighted by Crippen LogP contribution is -2.28. The number of nitrogens with zero attached hydrogens (tertiary/aromatic N) is 7. The fourth-order valence-electron chi connectivity index (χ4n) is 6.40. The molecule has 4 aliphatic rings. The van der Waals surface area contributed by atoms with Crippen molar-refractivity contribution in [3.63, 3.8) is 0 Å². The molecule has 7 nitrogen and oxygen atoms in total. The van der Waals surface area contributed by atoms with Gasteiger partial charge in [-0.3, -0.25) is 4.68 Å². The van der Waals surface area contributed by atoms with Crippen molar-refractivity contribution in [3.8, 4) is 5.69 Å². The highest BCUT2D eigenvalue weighted by molar-refractivity contribution is 7.07. The first-order valence-electron chi connectivity index (χ1n) is 11.4. The molecule has 2 saturated carbocycles. The summed E-state index contributed by atoms with van der Waals surface area (Å²) in [5.41, 5.74) is 5.38. The second kappa shape index (κ2) is 6.05. The number of thiazole rings is 1. The van der Waals surface area contributed by atoms with Gasteiger partial charge in [-0.15, -0.1) is 11.3 Å². The van der Waals surface area contributed by atoms with Crippen molar-refractivity contribution in [1.29, 1.82) is 0 Å². The van der Waals surface area contributed by atoms with Crippen molar-refractivity contribution >= 4 is 45.3 Å². The maximum atomic E-state index is 6.82. The van der Waals surface area contributed by atoms with E-state index in [2.05, 4.69) is 53.4 Å². The van der Waals surface area contributed by atoms with Gasteiger partial charge in [0.15, 0.2) is 0 Å². The lowest BCUT2D eigenvalue weighted by molar-refractivity contribution is 0.513. The molecule has 0 amide bonds. The number of hydrogen-bond acceptors (Lipinski definition) is 6. The molecule has 8 rings (SSSR count). The van der Waals surface area contributed by atoms with Gasteiger partial charge in [0, 0.05) is 29.8 Å². The van der Waals surface area contributed by atoms with Gasteiger partial charge in [0.1, 0.15) is 11.5 Å². The predicted molar refractivity (Wildman–Crippen MR) is 126 cm³/mol. The second-order valence-corrected chi connectivity index (χ2v) is 10.8. The Morgan fingerprint density at radius 1 is 1.09 bits per heavy atom. The molecule has 32 heavy (non-hydrogen) atoms. The minimum Gasteiger partial charge on any atom is -0.367 e. The topological polar surface area (TPSA) is 54.8 Å². The van der Waals surface area contributed by atoms with Crippen LogP contribution in [0.1, 0.15) is 31.7 Å². The number of anilines is 2. The van der Waals surface area contributed by atoms with Crippen molar-refractivity contribution < 1.29 is 0 Å². The van der Waals surface area contributed by atoms with Crippen LogP contribution in [-0.2, 0) is 0 Å². The molecule has 3 aromatic heterocycles. The van der Waals surface area contributed by atoms with E-state index in [0.717, 1.165) is 46.2 Å². The maximum Gasteiger partial charge on any atom is 0.140 e. The van der Waals surface area contributed by atoms with Crippen LogP contribution in [0.3, 0.4) is 0 Å². The molecule has 5 heterocycles. The number of halogens is 1.